The van der Waals surface area contributed by atoms with Crippen LogP contribution in [0.5, 0.6) is 0 Å². The highest BCUT2D eigenvalue weighted by molar-refractivity contribution is 6.30. The number of nitrogens with zero attached hydrogens (tertiary/aromatic N) is 2. The number of halogens is 1. The van der Waals surface area contributed by atoms with Gasteiger partial charge in [0, 0.05) is 29.1 Å². The maximum Gasteiger partial charge on any atom is 0.226 e. The Morgan fingerprint density at radius 3 is 2.67 bits per heavy atom. The van der Waals surface area contributed by atoms with Crippen molar-refractivity contribution in [1.82, 2.24) is 15.2 Å². The number of benzene rings is 2. The van der Waals surface area contributed by atoms with Crippen LogP contribution < -0.4 is 5.32 Å². The number of hydrogen-bond acceptors (Lipinski definition) is 4. The van der Waals surface area contributed by atoms with Gasteiger partial charge in [-0.15, -0.1) is 0 Å². The monoisotopic (exact) mass is 465 g/mol. The summed E-state index contributed by atoms with van der Waals surface area (Å²) in [5.74, 6) is 1.71. The Morgan fingerprint density at radius 2 is 1.94 bits per heavy atom. The zero-order valence-corrected chi connectivity index (χ0v) is 20.1. The highest BCUT2D eigenvalue weighted by Gasteiger charge is 2.26. The Kier molecular flexibility index (Phi) is 7.84. The van der Waals surface area contributed by atoms with Crippen LogP contribution in [-0.2, 0) is 17.8 Å². The van der Waals surface area contributed by atoms with E-state index in [4.69, 9.17) is 21.0 Å². The van der Waals surface area contributed by atoms with Gasteiger partial charge >= 0.3 is 0 Å². The molecule has 4 rings (SSSR count). The summed E-state index contributed by atoms with van der Waals surface area (Å²) in [7, 11) is 0. The number of nitrogens with one attached hydrogen (secondary N) is 1. The van der Waals surface area contributed by atoms with Crippen molar-refractivity contribution in [3.05, 3.63) is 76.6 Å². The van der Waals surface area contributed by atoms with Gasteiger partial charge in [0.15, 0.2) is 0 Å². The van der Waals surface area contributed by atoms with Gasteiger partial charge in [-0.1, -0.05) is 48.0 Å². The topological polar surface area (TPSA) is 58.4 Å². The van der Waals surface area contributed by atoms with Crippen molar-refractivity contribution in [3.8, 4) is 11.5 Å². The minimum absolute atomic E-state index is 0.0841. The molecule has 0 unspecified atom stereocenters. The van der Waals surface area contributed by atoms with Crippen LogP contribution >= 0.6 is 11.6 Å². The molecule has 1 aliphatic rings. The molecule has 1 fully saturated rings. The molecule has 33 heavy (non-hydrogen) atoms. The van der Waals surface area contributed by atoms with Crippen LogP contribution in [0.15, 0.2) is 59.0 Å². The molecule has 2 heterocycles. The molecule has 6 heteroatoms. The first-order valence-corrected chi connectivity index (χ1v) is 12.1. The molecule has 1 amide bonds. The second-order valence-electron chi connectivity index (χ2n) is 9.02. The molecule has 1 aliphatic heterocycles. The van der Waals surface area contributed by atoms with E-state index in [0.29, 0.717) is 10.9 Å². The van der Waals surface area contributed by atoms with Crippen molar-refractivity contribution in [2.24, 2.45) is 5.92 Å². The van der Waals surface area contributed by atoms with Gasteiger partial charge in [0.05, 0.1) is 5.69 Å². The molecule has 5 nitrogen and oxygen atoms in total. The smallest absolute Gasteiger partial charge is 0.226 e. The highest BCUT2D eigenvalue weighted by atomic mass is 35.5. The Hall–Kier alpha value is -2.63. The Balaban J connectivity index is 1.24. The van der Waals surface area contributed by atoms with Crippen LogP contribution in [0.3, 0.4) is 0 Å². The van der Waals surface area contributed by atoms with Gasteiger partial charge in [-0.2, -0.15) is 0 Å². The van der Waals surface area contributed by atoms with Crippen LogP contribution in [-0.4, -0.2) is 34.9 Å². The lowest BCUT2D eigenvalue weighted by Crippen LogP contribution is -2.43. The van der Waals surface area contributed by atoms with Crippen LogP contribution in [0.4, 0.5) is 0 Å². The molecule has 1 N–H and O–H groups in total. The summed E-state index contributed by atoms with van der Waals surface area (Å²) in [6.07, 6.45) is 3.68. The number of amides is 1. The molecule has 0 radical (unpaired) electrons. The first-order chi connectivity index (χ1) is 16.0. The van der Waals surface area contributed by atoms with E-state index in [-0.39, 0.29) is 17.9 Å². The zero-order chi connectivity index (χ0) is 23.2. The lowest BCUT2D eigenvalue weighted by molar-refractivity contribution is -0.127. The number of likely N-dealkylation sites (tertiary alicyclic amines) is 1. The molecule has 174 valence electrons. The van der Waals surface area contributed by atoms with E-state index in [1.54, 1.807) is 0 Å². The number of carbonyl (C=O) groups excluding carboxylic acids is 1. The first kappa shape index (κ1) is 23.5. The van der Waals surface area contributed by atoms with Crippen LogP contribution in [0.25, 0.3) is 11.5 Å². The fraction of sp³-hybridized carbons (Fsp3) is 0.407. The Bertz CT molecular complexity index is 1060. The minimum Gasteiger partial charge on any atom is -0.441 e. The fourth-order valence-electron chi connectivity index (χ4n) is 4.35. The van der Waals surface area contributed by atoms with Crippen molar-refractivity contribution in [2.45, 2.75) is 52.1 Å². The van der Waals surface area contributed by atoms with E-state index in [9.17, 15) is 4.79 Å². The Labute approximate surface area is 201 Å². The average Bonchev–Trinajstić information content (AvgIpc) is 3.19. The van der Waals surface area contributed by atoms with E-state index >= 15 is 0 Å². The predicted octanol–water partition coefficient (Wildman–Crippen LogP) is 5.65. The number of aromatic nitrogens is 1. The molecule has 1 atom stereocenters. The van der Waals surface area contributed by atoms with Gasteiger partial charge in [-0.25, -0.2) is 4.98 Å². The quantitative estimate of drug-likeness (QED) is 0.466. The number of carbonyl (C=O) groups is 1. The molecule has 0 saturated carbocycles. The van der Waals surface area contributed by atoms with Crippen molar-refractivity contribution >= 4 is 17.5 Å². The van der Waals surface area contributed by atoms with Crippen molar-refractivity contribution in [3.63, 3.8) is 0 Å². The van der Waals surface area contributed by atoms with Crippen LogP contribution in [0.2, 0.25) is 5.02 Å². The molecule has 0 aliphatic carbocycles. The predicted molar refractivity (Wildman–Crippen MR) is 132 cm³/mol. The van der Waals surface area contributed by atoms with Gasteiger partial charge < -0.3 is 9.73 Å². The number of aryl methyl sites for hydroxylation is 2. The zero-order valence-electron chi connectivity index (χ0n) is 19.4. The fourth-order valence-corrected chi connectivity index (χ4v) is 4.54. The average molecular weight is 466 g/mol. The first-order valence-electron chi connectivity index (χ1n) is 11.8. The van der Waals surface area contributed by atoms with E-state index in [2.05, 4.69) is 41.4 Å². The van der Waals surface area contributed by atoms with Crippen molar-refractivity contribution in [1.29, 1.82) is 0 Å². The lowest BCUT2D eigenvalue weighted by atomic mass is 9.95. The van der Waals surface area contributed by atoms with Crippen molar-refractivity contribution in [2.75, 3.05) is 13.1 Å². The summed E-state index contributed by atoms with van der Waals surface area (Å²) >= 11 is 6.10. The molecular formula is C27H32ClN3O2. The minimum atomic E-state index is 0.0841. The Morgan fingerprint density at radius 1 is 1.18 bits per heavy atom. The molecule has 0 spiro atoms. The van der Waals surface area contributed by atoms with E-state index in [1.165, 1.54) is 5.56 Å². The standard InChI is InChI=1S/C27H32ClN3O2/c1-19(11-12-21-7-4-3-5-8-21)29-26(32)22-13-15-31(16-14-22)18-25-20(2)33-27(30-25)23-9-6-10-24(28)17-23/h3-10,17,19,22H,11-16,18H2,1-2H3,(H,29,32)/t19-/m0/s1. The third kappa shape index (κ3) is 6.46. The third-order valence-corrected chi connectivity index (χ3v) is 6.63. The molecule has 3 aromatic rings. The SMILES string of the molecule is Cc1oc(-c2cccc(Cl)c2)nc1CN1CCC(C(=O)N[C@@H](C)CCc2ccccc2)CC1. The van der Waals surface area contributed by atoms with E-state index in [1.807, 2.05) is 37.3 Å². The van der Waals surface area contributed by atoms with Gasteiger partial charge in [0.1, 0.15) is 5.76 Å². The lowest BCUT2D eigenvalue weighted by Gasteiger charge is -2.31. The van der Waals surface area contributed by atoms with Gasteiger partial charge in [-0.3, -0.25) is 9.69 Å². The van der Waals surface area contributed by atoms with Crippen LogP contribution in [0, 0.1) is 12.8 Å². The summed E-state index contributed by atoms with van der Waals surface area (Å²) < 4.78 is 5.89. The van der Waals surface area contributed by atoms with E-state index < -0.39 is 0 Å². The molecular weight excluding hydrogens is 434 g/mol. The maximum atomic E-state index is 12.8. The van der Waals surface area contributed by atoms with Gasteiger partial charge in [0.2, 0.25) is 11.8 Å². The van der Waals surface area contributed by atoms with Gasteiger partial charge in [-0.05, 0) is 76.4 Å². The third-order valence-electron chi connectivity index (χ3n) is 6.39. The molecule has 0 bridgehead atoms. The summed E-state index contributed by atoms with van der Waals surface area (Å²) in [6.45, 7) is 6.55. The molecule has 1 saturated heterocycles. The highest BCUT2D eigenvalue weighted by Crippen LogP contribution is 2.26. The normalized spacial score (nSPS) is 16.0. The second-order valence-corrected chi connectivity index (χ2v) is 9.45. The molecule has 2 aromatic carbocycles. The molecule has 1 aromatic heterocycles. The largest absolute Gasteiger partial charge is 0.441 e. The van der Waals surface area contributed by atoms with Gasteiger partial charge in [0.25, 0.3) is 0 Å². The van der Waals surface area contributed by atoms with E-state index in [0.717, 1.165) is 62.3 Å². The number of hydrogen-bond donors (Lipinski definition) is 1. The summed E-state index contributed by atoms with van der Waals surface area (Å²) in [6, 6.07) is 18.2. The number of oxazole rings is 1. The summed E-state index contributed by atoms with van der Waals surface area (Å²) in [4.78, 5) is 19.8. The second kappa shape index (κ2) is 11.0. The van der Waals surface area contributed by atoms with Crippen LogP contribution in [0.1, 0.15) is 43.2 Å². The number of rotatable bonds is 8. The van der Waals surface area contributed by atoms with Crippen molar-refractivity contribution < 1.29 is 9.21 Å². The summed E-state index contributed by atoms with van der Waals surface area (Å²) in [5.41, 5.74) is 3.14. The maximum absolute atomic E-state index is 12.8. The summed E-state index contributed by atoms with van der Waals surface area (Å²) in [5, 5.41) is 3.89. The number of piperidine rings is 1.